The molecule has 3 aromatic rings. The molecule has 0 aliphatic rings. The number of pyridine rings is 1. The summed E-state index contributed by atoms with van der Waals surface area (Å²) in [5, 5.41) is 5.25. The first-order chi connectivity index (χ1) is 12.7. The quantitative estimate of drug-likeness (QED) is 0.657. The number of hydrogen-bond acceptors (Lipinski definition) is 4. The minimum absolute atomic E-state index is 0.0174. The van der Waals surface area contributed by atoms with E-state index in [0.29, 0.717) is 5.69 Å². The van der Waals surface area contributed by atoms with Crippen LogP contribution in [0.1, 0.15) is 26.6 Å². The molecule has 2 heterocycles. The van der Waals surface area contributed by atoms with Gasteiger partial charge in [0.15, 0.2) is 0 Å². The summed E-state index contributed by atoms with van der Waals surface area (Å²) >= 11 is 1.43. The Labute approximate surface area is 155 Å². The smallest absolute Gasteiger partial charge is 0.346 e. The molecule has 4 nitrogen and oxygen atoms in total. The van der Waals surface area contributed by atoms with Crippen LogP contribution in [0.3, 0.4) is 0 Å². The maximum absolute atomic E-state index is 13.9. The van der Waals surface area contributed by atoms with Crippen LogP contribution < -0.4 is 5.32 Å². The lowest BCUT2D eigenvalue weighted by molar-refractivity contribution is -0.137. The Morgan fingerprint density at radius 3 is 2.67 bits per heavy atom. The third-order valence-corrected chi connectivity index (χ3v) is 4.46. The molecule has 0 fully saturated rings. The van der Waals surface area contributed by atoms with Crippen LogP contribution in [0, 0.1) is 12.7 Å². The molecule has 2 aromatic heterocycles. The Hall–Kier alpha value is -2.81. The normalized spacial score (nSPS) is 11.4. The number of nitrogens with zero attached hydrogens (tertiary/aromatic N) is 2. The summed E-state index contributed by atoms with van der Waals surface area (Å²) in [5.41, 5.74) is -0.246. The second kappa shape index (κ2) is 7.43. The third-order valence-electron chi connectivity index (χ3n) is 3.64. The number of aryl methyl sites for hydroxylation is 1. The number of halogens is 4. The van der Waals surface area contributed by atoms with Crippen molar-refractivity contribution in [1.82, 2.24) is 15.3 Å². The summed E-state index contributed by atoms with van der Waals surface area (Å²) in [6.45, 7) is 1.99. The predicted octanol–water partition coefficient (Wildman–Crippen LogP) is 4.60. The monoisotopic (exact) mass is 395 g/mol. The second-order valence-electron chi connectivity index (χ2n) is 5.70. The number of hydrogen-bond donors (Lipinski definition) is 1. The molecule has 3 rings (SSSR count). The summed E-state index contributed by atoms with van der Waals surface area (Å²) in [4.78, 5) is 20.3. The van der Waals surface area contributed by atoms with Crippen molar-refractivity contribution in [1.29, 1.82) is 0 Å². The molecule has 0 radical (unpaired) electrons. The van der Waals surface area contributed by atoms with Crippen LogP contribution in [0.15, 0.2) is 41.9 Å². The van der Waals surface area contributed by atoms with Gasteiger partial charge in [-0.1, -0.05) is 0 Å². The van der Waals surface area contributed by atoms with E-state index in [1.807, 2.05) is 6.92 Å². The van der Waals surface area contributed by atoms with Crippen molar-refractivity contribution in [3.05, 3.63) is 69.6 Å². The van der Waals surface area contributed by atoms with E-state index >= 15 is 0 Å². The van der Waals surface area contributed by atoms with Crippen LogP contribution in [0.5, 0.6) is 0 Å². The first-order valence-electron chi connectivity index (χ1n) is 7.76. The molecule has 27 heavy (non-hydrogen) atoms. The maximum Gasteiger partial charge on any atom is 0.416 e. The van der Waals surface area contributed by atoms with E-state index < -0.39 is 23.5 Å². The molecule has 0 saturated heterocycles. The second-order valence-corrected chi connectivity index (χ2v) is 6.76. The van der Waals surface area contributed by atoms with E-state index in [2.05, 4.69) is 15.3 Å². The summed E-state index contributed by atoms with van der Waals surface area (Å²) in [7, 11) is 0. The van der Waals surface area contributed by atoms with Crippen molar-refractivity contribution in [2.75, 3.05) is 0 Å². The fourth-order valence-corrected chi connectivity index (χ4v) is 3.01. The standard InChI is InChI=1S/C18H13F4N3OS/c1-10-25-15(9-27-10)8-24-17(26)12-4-11(5-14(19)6-12)16-7-13(2-3-23-16)18(20,21)22/h2-7,9H,8H2,1H3,(H,24,26). The molecule has 0 unspecified atom stereocenters. The van der Waals surface area contributed by atoms with Gasteiger partial charge < -0.3 is 5.32 Å². The van der Waals surface area contributed by atoms with E-state index in [1.54, 1.807) is 5.38 Å². The number of aromatic nitrogens is 2. The molecule has 0 aliphatic heterocycles. The largest absolute Gasteiger partial charge is 0.416 e. The van der Waals surface area contributed by atoms with Gasteiger partial charge in [-0.15, -0.1) is 11.3 Å². The Morgan fingerprint density at radius 2 is 2.00 bits per heavy atom. The van der Waals surface area contributed by atoms with Crippen molar-refractivity contribution >= 4 is 17.2 Å². The average Bonchev–Trinajstić information content (AvgIpc) is 3.04. The number of benzene rings is 1. The highest BCUT2D eigenvalue weighted by Gasteiger charge is 2.30. The lowest BCUT2D eigenvalue weighted by Crippen LogP contribution is -2.23. The zero-order valence-electron chi connectivity index (χ0n) is 14.0. The van der Waals surface area contributed by atoms with Crippen molar-refractivity contribution in [3.63, 3.8) is 0 Å². The number of rotatable bonds is 4. The van der Waals surface area contributed by atoms with Gasteiger partial charge in [0.25, 0.3) is 5.91 Å². The van der Waals surface area contributed by atoms with Crippen molar-refractivity contribution in [2.24, 2.45) is 0 Å². The van der Waals surface area contributed by atoms with Crippen LogP contribution in [0.4, 0.5) is 17.6 Å². The molecular formula is C18H13F4N3OS. The zero-order chi connectivity index (χ0) is 19.6. The molecule has 0 aliphatic carbocycles. The Morgan fingerprint density at radius 1 is 1.22 bits per heavy atom. The number of alkyl halides is 3. The van der Waals surface area contributed by atoms with Gasteiger partial charge >= 0.3 is 6.18 Å². The Bertz CT molecular complexity index is 985. The van der Waals surface area contributed by atoms with Crippen LogP contribution in [-0.4, -0.2) is 15.9 Å². The van der Waals surface area contributed by atoms with Gasteiger partial charge in [0.2, 0.25) is 0 Å². The molecule has 0 bridgehead atoms. The molecule has 140 valence electrons. The fourth-order valence-electron chi connectivity index (χ4n) is 2.40. The highest BCUT2D eigenvalue weighted by Crippen LogP contribution is 2.31. The molecule has 9 heteroatoms. The molecule has 1 N–H and O–H groups in total. The Balaban J connectivity index is 1.85. The third kappa shape index (κ3) is 4.68. The van der Waals surface area contributed by atoms with E-state index in [-0.39, 0.29) is 23.4 Å². The minimum Gasteiger partial charge on any atom is -0.346 e. The van der Waals surface area contributed by atoms with Crippen LogP contribution >= 0.6 is 11.3 Å². The predicted molar refractivity (Wildman–Crippen MR) is 92.7 cm³/mol. The fraction of sp³-hybridized carbons (Fsp3) is 0.167. The number of thiazole rings is 1. The van der Waals surface area contributed by atoms with E-state index in [4.69, 9.17) is 0 Å². The van der Waals surface area contributed by atoms with E-state index in [9.17, 15) is 22.4 Å². The number of amides is 1. The molecular weight excluding hydrogens is 382 g/mol. The van der Waals surface area contributed by atoms with Gasteiger partial charge in [-0.2, -0.15) is 13.2 Å². The Kier molecular flexibility index (Phi) is 5.22. The lowest BCUT2D eigenvalue weighted by atomic mass is 10.0. The van der Waals surface area contributed by atoms with Gasteiger partial charge in [-0.25, -0.2) is 9.37 Å². The SMILES string of the molecule is Cc1nc(CNC(=O)c2cc(F)cc(-c3cc(C(F)(F)F)ccn3)c2)cs1. The summed E-state index contributed by atoms with van der Waals surface area (Å²) in [6, 6.07) is 4.98. The molecule has 0 saturated carbocycles. The van der Waals surface area contributed by atoms with Crippen LogP contribution in [0.2, 0.25) is 0 Å². The number of carbonyl (C=O) groups is 1. The summed E-state index contributed by atoms with van der Waals surface area (Å²) in [6.07, 6.45) is -3.55. The maximum atomic E-state index is 13.9. The first kappa shape index (κ1) is 19.0. The van der Waals surface area contributed by atoms with Crippen molar-refractivity contribution < 1.29 is 22.4 Å². The van der Waals surface area contributed by atoms with Gasteiger partial charge in [0.05, 0.1) is 28.5 Å². The first-order valence-corrected chi connectivity index (χ1v) is 8.64. The van der Waals surface area contributed by atoms with Gasteiger partial charge in [0.1, 0.15) is 5.82 Å². The molecule has 0 spiro atoms. The molecule has 1 amide bonds. The minimum atomic E-state index is -4.54. The zero-order valence-corrected chi connectivity index (χ0v) is 14.8. The number of carbonyl (C=O) groups excluding carboxylic acids is 1. The highest BCUT2D eigenvalue weighted by molar-refractivity contribution is 7.09. The lowest BCUT2D eigenvalue weighted by Gasteiger charge is -2.10. The molecule has 1 aromatic carbocycles. The van der Waals surface area contributed by atoms with E-state index in [0.717, 1.165) is 35.5 Å². The van der Waals surface area contributed by atoms with Gasteiger partial charge in [0, 0.05) is 22.7 Å². The van der Waals surface area contributed by atoms with Gasteiger partial charge in [-0.05, 0) is 37.3 Å². The average molecular weight is 395 g/mol. The van der Waals surface area contributed by atoms with Crippen molar-refractivity contribution in [2.45, 2.75) is 19.6 Å². The van der Waals surface area contributed by atoms with Crippen LogP contribution in [-0.2, 0) is 12.7 Å². The summed E-state index contributed by atoms with van der Waals surface area (Å²) < 4.78 is 52.5. The topological polar surface area (TPSA) is 54.9 Å². The van der Waals surface area contributed by atoms with Crippen molar-refractivity contribution in [3.8, 4) is 11.3 Å². The highest BCUT2D eigenvalue weighted by atomic mass is 32.1. The van der Waals surface area contributed by atoms with E-state index in [1.165, 1.54) is 17.4 Å². The summed E-state index contributed by atoms with van der Waals surface area (Å²) in [5.74, 6) is -1.31. The van der Waals surface area contributed by atoms with Gasteiger partial charge in [-0.3, -0.25) is 9.78 Å². The number of nitrogens with one attached hydrogen (secondary N) is 1. The molecule has 0 atom stereocenters. The van der Waals surface area contributed by atoms with Crippen LogP contribution in [0.25, 0.3) is 11.3 Å².